The van der Waals surface area contributed by atoms with Gasteiger partial charge in [-0.2, -0.15) is 0 Å². The highest BCUT2D eigenvalue weighted by Gasteiger charge is 2.30. The summed E-state index contributed by atoms with van der Waals surface area (Å²) in [6.07, 6.45) is 51.1. The highest BCUT2D eigenvalue weighted by molar-refractivity contribution is 7.47. The molecular weight excluding hydrogens is 1210 g/mol. The van der Waals surface area contributed by atoms with Gasteiger partial charge in [-0.05, 0) is 69.1 Å². The quantitative estimate of drug-likeness (QED) is 0.0169. The van der Waals surface area contributed by atoms with Crippen LogP contribution in [0.25, 0.3) is 0 Å². The number of phosphoric ester groups is 2. The molecule has 0 bridgehead atoms. The molecule has 0 aliphatic heterocycles. The maximum absolute atomic E-state index is 13.0. The second kappa shape index (κ2) is 63.3. The molecular formula is C73H138O17P2. The standard InChI is InChI=1S/C73H138O17P2/c1-8-9-10-11-12-13-14-15-17-21-24-27-32-40-47-54-70(75)83-61-69(90-73(78)57-50-43-36-35-39-46-53-66(6)7)63-88-92(81,82)86-59-67(74)58-85-91(79,80)87-62-68(60-84-71(76)55-48-41-34-29-31-38-45-52-65(4)5)89-72(77)56-49-42-33-28-25-22-19-16-18-20-23-26-30-37-44-51-64(2)3/h13-15,17,64-69,74H,8-12,16,18-63H2,1-7H3,(H,79,80)(H,81,82)/b14-13-,17-15-/t67?,68-,69-/m1/s1. The molecule has 92 heavy (non-hydrogen) atoms. The summed E-state index contributed by atoms with van der Waals surface area (Å²) >= 11 is 0. The summed E-state index contributed by atoms with van der Waals surface area (Å²) in [6, 6.07) is 0. The van der Waals surface area contributed by atoms with Crippen LogP contribution >= 0.6 is 15.6 Å². The Hall–Kier alpha value is -2.46. The van der Waals surface area contributed by atoms with Crippen molar-refractivity contribution in [3.8, 4) is 0 Å². The van der Waals surface area contributed by atoms with Crippen LogP contribution in [0.3, 0.4) is 0 Å². The Morgan fingerprint density at radius 2 is 0.587 bits per heavy atom. The summed E-state index contributed by atoms with van der Waals surface area (Å²) in [4.78, 5) is 72.6. The van der Waals surface area contributed by atoms with E-state index in [-0.39, 0.29) is 25.7 Å². The van der Waals surface area contributed by atoms with Gasteiger partial charge in [0.1, 0.15) is 19.3 Å². The number of rotatable bonds is 69. The number of carbonyl (C=O) groups is 4. The van der Waals surface area contributed by atoms with Gasteiger partial charge in [-0.25, -0.2) is 9.13 Å². The fourth-order valence-electron chi connectivity index (χ4n) is 10.5. The molecule has 3 N–H and O–H groups in total. The number of esters is 4. The van der Waals surface area contributed by atoms with E-state index in [0.717, 1.165) is 121 Å². The van der Waals surface area contributed by atoms with Crippen molar-refractivity contribution in [2.24, 2.45) is 17.8 Å². The van der Waals surface area contributed by atoms with Crippen LogP contribution in [0.4, 0.5) is 0 Å². The summed E-state index contributed by atoms with van der Waals surface area (Å²) in [7, 11) is -9.92. The molecule has 0 fully saturated rings. The molecule has 542 valence electrons. The van der Waals surface area contributed by atoms with Gasteiger partial charge in [0.25, 0.3) is 0 Å². The van der Waals surface area contributed by atoms with Gasteiger partial charge in [-0.1, -0.05) is 291 Å². The Labute approximate surface area is 561 Å². The fourth-order valence-corrected chi connectivity index (χ4v) is 12.1. The molecule has 19 heteroatoms. The zero-order valence-corrected chi connectivity index (χ0v) is 61.3. The first-order chi connectivity index (χ1) is 44.2. The lowest BCUT2D eigenvalue weighted by Crippen LogP contribution is -2.30. The third-order valence-corrected chi connectivity index (χ3v) is 18.2. The Kier molecular flexibility index (Phi) is 61.6. The molecule has 0 aromatic rings. The number of allylic oxidation sites excluding steroid dienone is 4. The predicted octanol–water partition coefficient (Wildman–Crippen LogP) is 20.6. The van der Waals surface area contributed by atoms with E-state index >= 15 is 0 Å². The molecule has 0 saturated heterocycles. The second-order valence-electron chi connectivity index (χ2n) is 27.1. The highest BCUT2D eigenvalue weighted by Crippen LogP contribution is 2.45. The van der Waals surface area contributed by atoms with Gasteiger partial charge in [0.05, 0.1) is 26.4 Å². The molecule has 0 rings (SSSR count). The van der Waals surface area contributed by atoms with E-state index in [4.69, 9.17) is 37.0 Å². The number of hydrogen-bond acceptors (Lipinski definition) is 15. The third kappa shape index (κ3) is 66.2. The van der Waals surface area contributed by atoms with Crippen molar-refractivity contribution in [2.75, 3.05) is 39.6 Å². The topological polar surface area (TPSA) is 237 Å². The van der Waals surface area contributed by atoms with Crippen LogP contribution in [0, 0.1) is 17.8 Å². The van der Waals surface area contributed by atoms with Crippen molar-refractivity contribution < 1.29 is 80.2 Å². The van der Waals surface area contributed by atoms with Crippen molar-refractivity contribution >= 4 is 39.5 Å². The molecule has 0 aliphatic rings. The number of carbonyl (C=O) groups excluding carboxylic acids is 4. The zero-order chi connectivity index (χ0) is 68.0. The molecule has 5 atom stereocenters. The Morgan fingerprint density at radius 3 is 0.880 bits per heavy atom. The van der Waals surface area contributed by atoms with Crippen LogP contribution < -0.4 is 0 Å². The van der Waals surface area contributed by atoms with Crippen LogP contribution in [0.5, 0.6) is 0 Å². The third-order valence-electron chi connectivity index (χ3n) is 16.3. The highest BCUT2D eigenvalue weighted by atomic mass is 31.2. The van der Waals surface area contributed by atoms with E-state index in [0.29, 0.717) is 37.5 Å². The van der Waals surface area contributed by atoms with E-state index < -0.39 is 97.5 Å². The molecule has 0 heterocycles. The Bertz CT molecular complexity index is 1890. The lowest BCUT2D eigenvalue weighted by atomic mass is 10.0. The van der Waals surface area contributed by atoms with E-state index in [1.807, 2.05) is 0 Å². The number of ether oxygens (including phenoxy) is 4. The second-order valence-corrected chi connectivity index (χ2v) is 30.0. The lowest BCUT2D eigenvalue weighted by Gasteiger charge is -2.21. The SMILES string of the molecule is CCCCCC/C=C\C=C/CCCCCCCC(=O)OC[C@H](COP(=O)(O)OCC(O)COP(=O)(O)OC[C@@H](COC(=O)CCCCCCCCCC(C)C)OC(=O)CCCCCCCCCCCCCCCCCC(C)C)OC(=O)CCCCCCCCC(C)C. The number of phosphoric acid groups is 2. The Morgan fingerprint density at radius 1 is 0.337 bits per heavy atom. The van der Waals surface area contributed by atoms with Crippen molar-refractivity contribution in [1.82, 2.24) is 0 Å². The molecule has 0 aliphatic carbocycles. The van der Waals surface area contributed by atoms with Gasteiger partial charge in [0.15, 0.2) is 12.2 Å². The zero-order valence-electron chi connectivity index (χ0n) is 59.5. The van der Waals surface area contributed by atoms with Crippen LogP contribution in [0.15, 0.2) is 24.3 Å². The normalized spacial score (nSPS) is 14.3. The first-order valence-corrected chi connectivity index (χ1v) is 40.2. The average Bonchev–Trinajstić information content (AvgIpc) is 2.30. The minimum absolute atomic E-state index is 0.0949. The Balaban J connectivity index is 5.22. The summed E-state index contributed by atoms with van der Waals surface area (Å²) in [6.45, 7) is 11.7. The lowest BCUT2D eigenvalue weighted by molar-refractivity contribution is -0.161. The molecule has 0 spiro atoms. The van der Waals surface area contributed by atoms with Crippen LogP contribution in [0.2, 0.25) is 0 Å². The summed E-state index contributed by atoms with van der Waals surface area (Å²) in [5, 5.41) is 10.6. The number of aliphatic hydroxyl groups excluding tert-OH is 1. The van der Waals surface area contributed by atoms with Crippen molar-refractivity contribution in [1.29, 1.82) is 0 Å². The molecule has 0 saturated carbocycles. The van der Waals surface area contributed by atoms with Crippen LogP contribution in [-0.4, -0.2) is 96.7 Å². The van der Waals surface area contributed by atoms with Gasteiger partial charge in [-0.15, -0.1) is 0 Å². The molecule has 0 radical (unpaired) electrons. The number of unbranched alkanes of at least 4 members (excludes halogenated alkanes) is 34. The number of aliphatic hydroxyl groups is 1. The van der Waals surface area contributed by atoms with Gasteiger partial charge in [0, 0.05) is 25.7 Å². The van der Waals surface area contributed by atoms with E-state index in [1.165, 1.54) is 128 Å². The monoisotopic (exact) mass is 1350 g/mol. The molecule has 0 aromatic heterocycles. The largest absolute Gasteiger partial charge is 0.472 e. The number of hydrogen-bond donors (Lipinski definition) is 3. The smallest absolute Gasteiger partial charge is 0.462 e. The van der Waals surface area contributed by atoms with Crippen molar-refractivity contribution in [3.63, 3.8) is 0 Å². The van der Waals surface area contributed by atoms with E-state index in [1.54, 1.807) is 0 Å². The molecule has 3 unspecified atom stereocenters. The minimum Gasteiger partial charge on any atom is -0.462 e. The summed E-state index contributed by atoms with van der Waals surface area (Å²) in [5.41, 5.74) is 0. The fraction of sp³-hybridized carbons (Fsp3) is 0.890. The molecule has 17 nitrogen and oxygen atoms in total. The van der Waals surface area contributed by atoms with Gasteiger partial charge >= 0.3 is 39.5 Å². The first-order valence-electron chi connectivity index (χ1n) is 37.2. The van der Waals surface area contributed by atoms with Gasteiger partial charge < -0.3 is 33.8 Å². The van der Waals surface area contributed by atoms with Gasteiger partial charge in [0.2, 0.25) is 0 Å². The van der Waals surface area contributed by atoms with Crippen LogP contribution in [-0.2, 0) is 65.4 Å². The van der Waals surface area contributed by atoms with E-state index in [9.17, 15) is 43.2 Å². The van der Waals surface area contributed by atoms with Gasteiger partial charge in [-0.3, -0.25) is 37.3 Å². The molecule has 0 amide bonds. The van der Waals surface area contributed by atoms with E-state index in [2.05, 4.69) is 72.8 Å². The maximum Gasteiger partial charge on any atom is 0.472 e. The van der Waals surface area contributed by atoms with Crippen molar-refractivity contribution in [2.45, 2.75) is 362 Å². The minimum atomic E-state index is -4.96. The molecule has 0 aromatic carbocycles. The first kappa shape index (κ1) is 89.5. The van der Waals surface area contributed by atoms with Crippen LogP contribution in [0.1, 0.15) is 344 Å². The maximum atomic E-state index is 13.0. The summed E-state index contributed by atoms with van der Waals surface area (Å²) < 4.78 is 68.3. The van der Waals surface area contributed by atoms with Crippen molar-refractivity contribution in [3.05, 3.63) is 24.3 Å². The predicted molar refractivity (Wildman–Crippen MR) is 372 cm³/mol. The summed E-state index contributed by atoms with van der Waals surface area (Å²) in [5.74, 6) is 0.0118. The average molecular weight is 1350 g/mol.